The largest absolute Gasteiger partial charge is 0.487 e. The Bertz CT molecular complexity index is 1080. The van der Waals surface area contributed by atoms with Gasteiger partial charge >= 0.3 is 5.56 Å². The molecule has 0 aliphatic rings. The second-order valence-electron chi connectivity index (χ2n) is 6.80. The van der Waals surface area contributed by atoms with Crippen molar-refractivity contribution in [2.24, 2.45) is 0 Å². The van der Waals surface area contributed by atoms with E-state index in [4.69, 9.17) is 20.9 Å². The maximum absolute atomic E-state index is 13.2. The van der Waals surface area contributed by atoms with Crippen molar-refractivity contribution in [2.45, 2.75) is 31.9 Å². The molecule has 30 heavy (non-hydrogen) atoms. The summed E-state index contributed by atoms with van der Waals surface area (Å²) in [6.45, 7) is 2.53. The highest BCUT2D eigenvalue weighted by Gasteiger charge is 2.16. The molecule has 0 saturated carbocycles. The van der Waals surface area contributed by atoms with Crippen LogP contribution in [0.1, 0.15) is 31.7 Å². The quantitative estimate of drug-likeness (QED) is 0.375. The minimum Gasteiger partial charge on any atom is -0.487 e. The van der Waals surface area contributed by atoms with E-state index in [9.17, 15) is 9.00 Å². The van der Waals surface area contributed by atoms with Gasteiger partial charge in [-0.15, -0.1) is 0 Å². The third kappa shape index (κ3) is 5.56. The van der Waals surface area contributed by atoms with Crippen LogP contribution in [0.4, 0.5) is 0 Å². The van der Waals surface area contributed by atoms with Gasteiger partial charge in [0.1, 0.15) is 0 Å². The Morgan fingerprint density at radius 1 is 1.17 bits per heavy atom. The Labute approximate surface area is 182 Å². The minimum atomic E-state index is -1.91. The molecular formula is C22H23ClN2O4S. The Morgan fingerprint density at radius 2 is 1.93 bits per heavy atom. The van der Waals surface area contributed by atoms with Crippen molar-refractivity contribution in [3.8, 4) is 22.6 Å². The molecule has 3 aromatic rings. The molecular weight excluding hydrogens is 424 g/mol. The standard InChI is InChI=1S/C22H23ClN2O4S/c1-2-3-4-12-29-21-20(17-10-8-16(9-11-17)15-30(27)28)14-24-25(22(21)26)19-7-5-6-18(23)13-19/h5-11,13-14H,2-4,12,15H2,1H3,(H,27,28). The van der Waals surface area contributed by atoms with E-state index in [1.54, 1.807) is 54.7 Å². The monoisotopic (exact) mass is 446 g/mol. The number of halogens is 1. The van der Waals surface area contributed by atoms with Crippen LogP contribution in [0.2, 0.25) is 5.02 Å². The molecule has 0 fully saturated rings. The summed E-state index contributed by atoms with van der Waals surface area (Å²) in [7, 11) is 0. The van der Waals surface area contributed by atoms with Crippen LogP contribution in [0.5, 0.6) is 5.75 Å². The predicted octanol–water partition coefficient (Wildman–Crippen LogP) is 4.84. The van der Waals surface area contributed by atoms with Crippen LogP contribution < -0.4 is 10.3 Å². The summed E-state index contributed by atoms with van der Waals surface area (Å²) >= 11 is 4.16. The topological polar surface area (TPSA) is 81.4 Å². The summed E-state index contributed by atoms with van der Waals surface area (Å²) in [6.07, 6.45) is 4.50. The van der Waals surface area contributed by atoms with Crippen LogP contribution in [0.25, 0.3) is 16.8 Å². The Kier molecular flexibility index (Phi) is 7.79. The van der Waals surface area contributed by atoms with Crippen LogP contribution in [-0.2, 0) is 16.8 Å². The van der Waals surface area contributed by atoms with E-state index >= 15 is 0 Å². The second-order valence-corrected chi connectivity index (χ2v) is 8.17. The maximum atomic E-state index is 13.2. The van der Waals surface area contributed by atoms with Gasteiger partial charge in [0.25, 0.3) is 0 Å². The fraction of sp³-hybridized carbons (Fsp3) is 0.273. The molecule has 1 heterocycles. The summed E-state index contributed by atoms with van der Waals surface area (Å²) < 4.78 is 27.3. The van der Waals surface area contributed by atoms with Gasteiger partial charge in [-0.25, -0.2) is 4.21 Å². The molecule has 8 heteroatoms. The Morgan fingerprint density at radius 3 is 2.60 bits per heavy atom. The van der Waals surface area contributed by atoms with Crippen molar-refractivity contribution in [1.82, 2.24) is 9.78 Å². The van der Waals surface area contributed by atoms with E-state index in [0.29, 0.717) is 22.9 Å². The van der Waals surface area contributed by atoms with E-state index in [0.717, 1.165) is 30.4 Å². The summed E-state index contributed by atoms with van der Waals surface area (Å²) in [5.41, 5.74) is 2.23. The molecule has 0 bridgehead atoms. The first-order valence-electron chi connectivity index (χ1n) is 9.67. The van der Waals surface area contributed by atoms with Gasteiger partial charge in [0, 0.05) is 10.6 Å². The fourth-order valence-electron chi connectivity index (χ4n) is 3.02. The predicted molar refractivity (Wildman–Crippen MR) is 120 cm³/mol. The molecule has 3 rings (SSSR count). The molecule has 1 unspecified atom stereocenters. The zero-order chi connectivity index (χ0) is 21.5. The first-order valence-corrected chi connectivity index (χ1v) is 11.3. The molecule has 6 nitrogen and oxygen atoms in total. The van der Waals surface area contributed by atoms with Crippen molar-refractivity contribution >= 4 is 22.7 Å². The number of hydrogen-bond donors (Lipinski definition) is 1. The molecule has 0 aliphatic heterocycles. The lowest BCUT2D eigenvalue weighted by molar-refractivity contribution is 0.301. The molecule has 2 aromatic carbocycles. The second kappa shape index (κ2) is 10.5. The molecule has 0 saturated heterocycles. The Balaban J connectivity index is 2.02. The zero-order valence-corrected chi connectivity index (χ0v) is 18.2. The van der Waals surface area contributed by atoms with Crippen molar-refractivity contribution in [3.05, 3.63) is 75.7 Å². The third-order valence-corrected chi connectivity index (χ3v) is 5.35. The first kappa shape index (κ1) is 22.2. The average Bonchev–Trinajstić information content (AvgIpc) is 2.72. The number of hydrogen-bond acceptors (Lipinski definition) is 4. The molecule has 1 atom stereocenters. The molecule has 1 N–H and O–H groups in total. The van der Waals surface area contributed by atoms with E-state index in [-0.39, 0.29) is 17.1 Å². The van der Waals surface area contributed by atoms with Crippen LogP contribution in [-0.4, -0.2) is 25.1 Å². The molecule has 158 valence electrons. The van der Waals surface area contributed by atoms with Crippen LogP contribution in [0.3, 0.4) is 0 Å². The lowest BCUT2D eigenvalue weighted by Crippen LogP contribution is -2.24. The third-order valence-electron chi connectivity index (χ3n) is 4.54. The molecule has 0 spiro atoms. The normalized spacial score (nSPS) is 12.0. The highest BCUT2D eigenvalue weighted by atomic mass is 35.5. The summed E-state index contributed by atoms with van der Waals surface area (Å²) in [6, 6.07) is 14.0. The summed E-state index contributed by atoms with van der Waals surface area (Å²) in [4.78, 5) is 13.2. The van der Waals surface area contributed by atoms with Gasteiger partial charge in [-0.3, -0.25) is 4.79 Å². The van der Waals surface area contributed by atoms with Crippen LogP contribution in [0.15, 0.2) is 59.5 Å². The summed E-state index contributed by atoms with van der Waals surface area (Å²) in [5, 5.41) is 4.83. The SMILES string of the molecule is CCCCCOc1c(-c2ccc(CS(=O)O)cc2)cnn(-c2cccc(Cl)c2)c1=O. The van der Waals surface area contributed by atoms with Gasteiger partial charge in [-0.2, -0.15) is 9.78 Å². The van der Waals surface area contributed by atoms with E-state index in [1.807, 2.05) is 0 Å². The van der Waals surface area contributed by atoms with Crippen LogP contribution in [0, 0.1) is 0 Å². The number of aromatic nitrogens is 2. The van der Waals surface area contributed by atoms with Crippen molar-refractivity contribution < 1.29 is 13.5 Å². The molecule has 0 amide bonds. The lowest BCUT2D eigenvalue weighted by atomic mass is 10.1. The highest BCUT2D eigenvalue weighted by molar-refractivity contribution is 7.78. The number of unbranched alkanes of at least 4 members (excludes halogenated alkanes) is 2. The van der Waals surface area contributed by atoms with E-state index in [2.05, 4.69) is 12.0 Å². The van der Waals surface area contributed by atoms with Gasteiger partial charge in [-0.1, -0.05) is 61.7 Å². The zero-order valence-electron chi connectivity index (χ0n) is 16.6. The smallest absolute Gasteiger partial charge is 0.314 e. The van der Waals surface area contributed by atoms with Gasteiger partial charge in [0.05, 0.1) is 24.2 Å². The maximum Gasteiger partial charge on any atom is 0.314 e. The lowest BCUT2D eigenvalue weighted by Gasteiger charge is -2.14. The van der Waals surface area contributed by atoms with Crippen molar-refractivity contribution in [1.29, 1.82) is 0 Å². The van der Waals surface area contributed by atoms with E-state index in [1.165, 1.54) is 4.68 Å². The van der Waals surface area contributed by atoms with Crippen molar-refractivity contribution in [3.63, 3.8) is 0 Å². The van der Waals surface area contributed by atoms with Crippen LogP contribution >= 0.6 is 11.6 Å². The highest BCUT2D eigenvalue weighted by Crippen LogP contribution is 2.27. The Hall–Kier alpha value is -2.48. The number of nitrogens with zero attached hydrogens (tertiary/aromatic N) is 2. The van der Waals surface area contributed by atoms with Gasteiger partial charge in [0.15, 0.2) is 16.8 Å². The van der Waals surface area contributed by atoms with Gasteiger partial charge < -0.3 is 9.29 Å². The minimum absolute atomic E-state index is 0.0509. The average molecular weight is 447 g/mol. The number of ether oxygens (including phenoxy) is 1. The molecule has 0 aliphatic carbocycles. The van der Waals surface area contributed by atoms with Gasteiger partial charge in [-0.05, 0) is 35.7 Å². The number of benzene rings is 2. The molecule has 1 aromatic heterocycles. The van der Waals surface area contributed by atoms with Gasteiger partial charge in [0.2, 0.25) is 0 Å². The number of rotatable bonds is 9. The first-order chi connectivity index (χ1) is 14.5. The fourth-order valence-corrected chi connectivity index (χ4v) is 3.69. The van der Waals surface area contributed by atoms with E-state index < -0.39 is 11.1 Å². The van der Waals surface area contributed by atoms with Crippen molar-refractivity contribution in [2.75, 3.05) is 6.61 Å². The molecule has 0 radical (unpaired) electrons. The summed E-state index contributed by atoms with van der Waals surface area (Å²) in [5.74, 6) is 0.273.